The van der Waals surface area contributed by atoms with Crippen molar-refractivity contribution in [1.29, 1.82) is 0 Å². The highest BCUT2D eigenvalue weighted by molar-refractivity contribution is 6.30. The molecular weight excluding hydrogens is 292 g/mol. The number of rotatable bonds is 4. The molecule has 3 rings (SSSR count). The third-order valence-electron chi connectivity index (χ3n) is 3.37. The summed E-state index contributed by atoms with van der Waals surface area (Å²) >= 11 is 5.93. The number of halogens is 1. The number of hydrogen-bond donors (Lipinski definition) is 1. The average molecular weight is 307 g/mol. The van der Waals surface area contributed by atoms with E-state index in [0.717, 1.165) is 25.0 Å². The van der Waals surface area contributed by atoms with E-state index in [-0.39, 0.29) is 17.7 Å². The van der Waals surface area contributed by atoms with E-state index in [1.807, 2.05) is 12.1 Å². The first kappa shape index (κ1) is 14.1. The van der Waals surface area contributed by atoms with Crippen LogP contribution in [-0.4, -0.2) is 30.3 Å². The Hall–Kier alpha value is -1.85. The minimum atomic E-state index is -0.262. The number of aromatic nitrogens is 1. The Morgan fingerprint density at radius 2 is 2.33 bits per heavy atom. The van der Waals surface area contributed by atoms with Crippen molar-refractivity contribution >= 4 is 17.5 Å². The summed E-state index contributed by atoms with van der Waals surface area (Å²) in [7, 11) is 0. The monoisotopic (exact) mass is 306 g/mol. The van der Waals surface area contributed by atoms with Gasteiger partial charge in [-0.05, 0) is 25.0 Å². The molecule has 1 unspecified atom stereocenters. The highest BCUT2D eigenvalue weighted by atomic mass is 35.5. The zero-order valence-electron chi connectivity index (χ0n) is 11.3. The number of nitrogens with one attached hydrogen (secondary N) is 1. The second-order valence-corrected chi connectivity index (χ2v) is 5.37. The summed E-state index contributed by atoms with van der Waals surface area (Å²) in [6.07, 6.45) is 2.13. The minimum Gasteiger partial charge on any atom is -0.376 e. The number of amides is 1. The zero-order valence-corrected chi connectivity index (χ0v) is 12.1. The van der Waals surface area contributed by atoms with Gasteiger partial charge in [-0.25, -0.2) is 0 Å². The van der Waals surface area contributed by atoms with E-state index >= 15 is 0 Å². The van der Waals surface area contributed by atoms with Crippen molar-refractivity contribution in [2.45, 2.75) is 18.9 Å². The van der Waals surface area contributed by atoms with Crippen LogP contribution in [0.2, 0.25) is 5.02 Å². The van der Waals surface area contributed by atoms with Crippen LogP contribution >= 0.6 is 11.6 Å². The molecule has 0 bridgehead atoms. The van der Waals surface area contributed by atoms with Gasteiger partial charge in [-0.15, -0.1) is 0 Å². The SMILES string of the molecule is O=C(NCC1CCCO1)c1cc(-c2cccc(Cl)c2)on1. The van der Waals surface area contributed by atoms with Crippen LogP contribution < -0.4 is 5.32 Å². The number of carbonyl (C=O) groups excluding carboxylic acids is 1. The summed E-state index contributed by atoms with van der Waals surface area (Å²) < 4.78 is 10.7. The summed E-state index contributed by atoms with van der Waals surface area (Å²) in [5, 5.41) is 7.21. The van der Waals surface area contributed by atoms with Crippen molar-refractivity contribution in [3.63, 3.8) is 0 Å². The van der Waals surface area contributed by atoms with E-state index in [1.54, 1.807) is 18.2 Å². The van der Waals surface area contributed by atoms with E-state index in [1.165, 1.54) is 0 Å². The van der Waals surface area contributed by atoms with Gasteiger partial charge >= 0.3 is 0 Å². The molecule has 1 amide bonds. The molecule has 1 aliphatic rings. The molecule has 0 saturated carbocycles. The number of carbonyl (C=O) groups is 1. The first-order valence-electron chi connectivity index (χ1n) is 6.85. The quantitative estimate of drug-likeness (QED) is 0.943. The second-order valence-electron chi connectivity index (χ2n) is 4.93. The molecule has 2 aromatic rings. The lowest BCUT2D eigenvalue weighted by atomic mass is 10.1. The van der Waals surface area contributed by atoms with Gasteiger partial charge in [0.25, 0.3) is 5.91 Å². The van der Waals surface area contributed by atoms with Crippen LogP contribution in [0.5, 0.6) is 0 Å². The van der Waals surface area contributed by atoms with E-state index < -0.39 is 0 Å². The Bertz CT molecular complexity index is 635. The van der Waals surface area contributed by atoms with Crippen molar-refractivity contribution in [2.24, 2.45) is 0 Å². The maximum Gasteiger partial charge on any atom is 0.273 e. The van der Waals surface area contributed by atoms with Crippen molar-refractivity contribution < 1.29 is 14.1 Å². The van der Waals surface area contributed by atoms with Gasteiger partial charge in [0.2, 0.25) is 0 Å². The van der Waals surface area contributed by atoms with Crippen LogP contribution in [0.15, 0.2) is 34.9 Å². The molecule has 1 aromatic heterocycles. The molecule has 1 N–H and O–H groups in total. The summed E-state index contributed by atoms with van der Waals surface area (Å²) in [6.45, 7) is 1.27. The summed E-state index contributed by atoms with van der Waals surface area (Å²) in [4.78, 5) is 12.0. The third-order valence-corrected chi connectivity index (χ3v) is 3.60. The fourth-order valence-electron chi connectivity index (χ4n) is 2.26. The average Bonchev–Trinajstić information content (AvgIpc) is 3.16. The number of nitrogens with zero attached hydrogens (tertiary/aromatic N) is 1. The second kappa shape index (κ2) is 6.28. The predicted octanol–water partition coefficient (Wildman–Crippen LogP) is 2.90. The largest absolute Gasteiger partial charge is 0.376 e. The van der Waals surface area contributed by atoms with Crippen molar-refractivity contribution in [1.82, 2.24) is 10.5 Å². The van der Waals surface area contributed by atoms with Crippen LogP contribution in [0, 0.1) is 0 Å². The lowest BCUT2D eigenvalue weighted by molar-refractivity contribution is 0.0850. The maximum atomic E-state index is 12.0. The highest BCUT2D eigenvalue weighted by Gasteiger charge is 2.18. The fourth-order valence-corrected chi connectivity index (χ4v) is 2.45. The number of hydrogen-bond acceptors (Lipinski definition) is 4. The molecule has 0 spiro atoms. The van der Waals surface area contributed by atoms with Gasteiger partial charge in [0.05, 0.1) is 6.10 Å². The lowest BCUT2D eigenvalue weighted by Crippen LogP contribution is -2.31. The molecule has 1 fully saturated rings. The van der Waals surface area contributed by atoms with Crippen LogP contribution in [0.25, 0.3) is 11.3 Å². The molecule has 2 heterocycles. The van der Waals surface area contributed by atoms with E-state index in [4.69, 9.17) is 20.9 Å². The van der Waals surface area contributed by atoms with Crippen LogP contribution in [0.1, 0.15) is 23.3 Å². The van der Waals surface area contributed by atoms with Gasteiger partial charge < -0.3 is 14.6 Å². The first-order valence-corrected chi connectivity index (χ1v) is 7.22. The van der Waals surface area contributed by atoms with Crippen LogP contribution in [0.3, 0.4) is 0 Å². The summed E-state index contributed by atoms with van der Waals surface area (Å²) in [5.41, 5.74) is 1.04. The fraction of sp³-hybridized carbons (Fsp3) is 0.333. The molecule has 110 valence electrons. The Balaban J connectivity index is 1.65. The van der Waals surface area contributed by atoms with Gasteiger partial charge in [0, 0.05) is 29.8 Å². The smallest absolute Gasteiger partial charge is 0.273 e. The molecule has 1 saturated heterocycles. The molecule has 0 radical (unpaired) electrons. The minimum absolute atomic E-state index is 0.105. The predicted molar refractivity (Wildman–Crippen MR) is 78.3 cm³/mol. The van der Waals surface area contributed by atoms with Crippen molar-refractivity contribution in [3.05, 3.63) is 41.0 Å². The molecule has 0 aliphatic carbocycles. The number of ether oxygens (including phenoxy) is 1. The van der Waals surface area contributed by atoms with E-state index in [2.05, 4.69) is 10.5 Å². The molecule has 5 nitrogen and oxygen atoms in total. The Morgan fingerprint density at radius 1 is 1.43 bits per heavy atom. The summed E-state index contributed by atoms with van der Waals surface area (Å²) in [5.74, 6) is 0.252. The Kier molecular flexibility index (Phi) is 4.22. The van der Waals surface area contributed by atoms with Crippen molar-refractivity contribution in [3.8, 4) is 11.3 Å². The van der Waals surface area contributed by atoms with Gasteiger partial charge in [-0.3, -0.25) is 4.79 Å². The molecule has 21 heavy (non-hydrogen) atoms. The van der Waals surface area contributed by atoms with Crippen LogP contribution in [-0.2, 0) is 4.74 Å². The topological polar surface area (TPSA) is 64.4 Å². The Labute approximate surface area is 127 Å². The molecule has 6 heteroatoms. The summed E-state index contributed by atoms with van der Waals surface area (Å²) in [6, 6.07) is 8.81. The Morgan fingerprint density at radius 3 is 3.10 bits per heavy atom. The first-order chi connectivity index (χ1) is 10.2. The van der Waals surface area contributed by atoms with Gasteiger partial charge in [0.1, 0.15) is 0 Å². The molecule has 1 aromatic carbocycles. The van der Waals surface area contributed by atoms with Gasteiger partial charge in [-0.2, -0.15) is 0 Å². The van der Waals surface area contributed by atoms with Crippen LogP contribution in [0.4, 0.5) is 0 Å². The normalized spacial score (nSPS) is 17.9. The van der Waals surface area contributed by atoms with Gasteiger partial charge in [0.15, 0.2) is 11.5 Å². The zero-order chi connectivity index (χ0) is 14.7. The molecule has 1 atom stereocenters. The van der Waals surface area contributed by atoms with Gasteiger partial charge in [-0.1, -0.05) is 28.9 Å². The number of benzene rings is 1. The highest BCUT2D eigenvalue weighted by Crippen LogP contribution is 2.23. The molecular formula is C15H15ClN2O3. The maximum absolute atomic E-state index is 12.0. The van der Waals surface area contributed by atoms with Crippen molar-refractivity contribution in [2.75, 3.05) is 13.2 Å². The third kappa shape index (κ3) is 3.43. The lowest BCUT2D eigenvalue weighted by Gasteiger charge is -2.09. The molecule has 1 aliphatic heterocycles. The van der Waals surface area contributed by atoms with E-state index in [0.29, 0.717) is 17.3 Å². The standard InChI is InChI=1S/C15H15ClN2O3/c16-11-4-1-3-10(7-11)14-8-13(18-21-14)15(19)17-9-12-5-2-6-20-12/h1,3-4,7-8,12H,2,5-6,9H2,(H,17,19). The van der Waals surface area contributed by atoms with E-state index in [9.17, 15) is 4.79 Å².